The zero-order chi connectivity index (χ0) is 9.59. The van der Waals surface area contributed by atoms with Crippen molar-refractivity contribution in [2.45, 2.75) is 0 Å². The van der Waals surface area contributed by atoms with Crippen LogP contribution in [0, 0.1) is 0 Å². The van der Waals surface area contributed by atoms with Gasteiger partial charge in [-0.2, -0.15) is 0 Å². The van der Waals surface area contributed by atoms with Gasteiger partial charge in [-0.25, -0.2) is 0 Å². The second-order valence-electron chi connectivity index (χ2n) is 3.11. The summed E-state index contributed by atoms with van der Waals surface area (Å²) in [4.78, 5) is 1.10. The summed E-state index contributed by atoms with van der Waals surface area (Å²) in [6.07, 6.45) is 1.98. The maximum absolute atomic E-state index is 5.81. The molecule has 0 fully saturated rings. The van der Waals surface area contributed by atoms with Gasteiger partial charge in [0.05, 0.1) is 5.69 Å². The van der Waals surface area contributed by atoms with Crippen LogP contribution in [-0.2, 0) is 0 Å². The number of nitrogens with two attached hydrogens (primary N) is 2. The van der Waals surface area contributed by atoms with Gasteiger partial charge in [-0.3, -0.25) is 4.68 Å². The maximum atomic E-state index is 5.81. The number of thiophene rings is 1. The Balaban J connectivity index is 2.74. The molecule has 5 heteroatoms. The van der Waals surface area contributed by atoms with Gasteiger partial charge in [0.15, 0.2) is 0 Å². The molecule has 13 heavy (non-hydrogen) atoms. The summed E-state index contributed by atoms with van der Waals surface area (Å²) in [6, 6.07) is 1.98. The molecule has 0 spiro atoms. The van der Waals surface area contributed by atoms with Gasteiger partial charge in [0.2, 0.25) is 0 Å². The predicted octanol–water partition coefficient (Wildman–Crippen LogP) is 1.06. The van der Waals surface area contributed by atoms with Gasteiger partial charge < -0.3 is 16.5 Å². The van der Waals surface area contributed by atoms with E-state index in [1.807, 2.05) is 36.0 Å². The number of hydrogen-bond donors (Lipinski definition) is 2. The van der Waals surface area contributed by atoms with Crippen molar-refractivity contribution < 1.29 is 0 Å². The van der Waals surface area contributed by atoms with Crippen molar-refractivity contribution in [2.24, 2.45) is 0 Å². The van der Waals surface area contributed by atoms with E-state index in [2.05, 4.69) is 0 Å². The second kappa shape index (κ2) is 2.56. The first-order chi connectivity index (χ1) is 6.11. The summed E-state index contributed by atoms with van der Waals surface area (Å²) in [5.74, 6) is 0. The average Bonchev–Trinajstić information content (AvgIpc) is 2.55. The van der Waals surface area contributed by atoms with Gasteiger partial charge in [0.25, 0.3) is 0 Å². The molecule has 0 aliphatic carbocycles. The van der Waals surface area contributed by atoms with Crippen LogP contribution >= 0.6 is 11.3 Å². The fraction of sp³-hybridized carbons (Fsp3) is 0.250. The van der Waals surface area contributed by atoms with E-state index in [1.165, 1.54) is 11.3 Å². The van der Waals surface area contributed by atoms with E-state index in [0.29, 0.717) is 10.7 Å². The molecule has 0 aliphatic rings. The van der Waals surface area contributed by atoms with Crippen LogP contribution in [0.25, 0.3) is 10.2 Å². The van der Waals surface area contributed by atoms with E-state index in [1.54, 1.807) is 0 Å². The number of aromatic nitrogens is 1. The smallest absolute Gasteiger partial charge is 0.126 e. The van der Waals surface area contributed by atoms with Crippen LogP contribution in [0.3, 0.4) is 0 Å². The number of nitrogen functional groups attached to an aromatic ring is 2. The summed E-state index contributed by atoms with van der Waals surface area (Å²) in [6.45, 7) is 0. The highest BCUT2D eigenvalue weighted by molar-refractivity contribution is 7.23. The van der Waals surface area contributed by atoms with Crippen LogP contribution < -0.4 is 16.5 Å². The van der Waals surface area contributed by atoms with Gasteiger partial charge in [-0.15, -0.1) is 0 Å². The molecule has 4 nitrogen and oxygen atoms in total. The van der Waals surface area contributed by atoms with Crippen molar-refractivity contribution in [3.05, 3.63) is 12.3 Å². The molecule has 70 valence electrons. The third-order valence-corrected chi connectivity index (χ3v) is 3.05. The number of fused-ring (bicyclic) bond motifs is 1. The highest BCUT2D eigenvalue weighted by Crippen LogP contribution is 2.36. The molecule has 0 amide bonds. The Morgan fingerprint density at radius 3 is 2.69 bits per heavy atom. The van der Waals surface area contributed by atoms with Crippen LogP contribution in [-0.4, -0.2) is 18.8 Å². The topological polar surface area (TPSA) is 60.2 Å². The molecule has 2 aromatic rings. The average molecular weight is 196 g/mol. The molecule has 2 rings (SSSR count). The lowest BCUT2D eigenvalue weighted by Gasteiger charge is -2.13. The third kappa shape index (κ3) is 1.04. The van der Waals surface area contributed by atoms with E-state index in [9.17, 15) is 0 Å². The normalized spacial score (nSPS) is 10.9. The number of anilines is 2. The number of nitrogens with zero attached hydrogens (tertiary/aromatic N) is 2. The van der Waals surface area contributed by atoms with Crippen molar-refractivity contribution in [2.75, 3.05) is 30.6 Å². The first kappa shape index (κ1) is 8.25. The van der Waals surface area contributed by atoms with Crippen molar-refractivity contribution in [3.63, 3.8) is 0 Å². The van der Waals surface area contributed by atoms with Crippen LogP contribution in [0.4, 0.5) is 10.7 Å². The van der Waals surface area contributed by atoms with Crippen molar-refractivity contribution in [1.29, 1.82) is 0 Å². The quantitative estimate of drug-likeness (QED) is 0.717. The molecular weight excluding hydrogens is 184 g/mol. The van der Waals surface area contributed by atoms with Gasteiger partial charge in [-0.1, -0.05) is 11.3 Å². The Hall–Kier alpha value is -1.36. The molecule has 0 aromatic carbocycles. The lowest BCUT2D eigenvalue weighted by molar-refractivity contribution is 0.766. The molecule has 0 aliphatic heterocycles. The van der Waals surface area contributed by atoms with E-state index < -0.39 is 0 Å². The lowest BCUT2D eigenvalue weighted by Crippen LogP contribution is -2.22. The molecule has 0 unspecified atom stereocenters. The van der Waals surface area contributed by atoms with Crippen molar-refractivity contribution in [3.8, 4) is 0 Å². The Morgan fingerprint density at radius 2 is 2.08 bits per heavy atom. The van der Waals surface area contributed by atoms with Crippen LogP contribution in [0.2, 0.25) is 0 Å². The van der Waals surface area contributed by atoms with Gasteiger partial charge in [0, 0.05) is 25.7 Å². The second-order valence-corrected chi connectivity index (χ2v) is 4.14. The Bertz CT molecular complexity index is 440. The van der Waals surface area contributed by atoms with Gasteiger partial charge in [-0.05, 0) is 6.07 Å². The lowest BCUT2D eigenvalue weighted by atomic mass is 10.3. The van der Waals surface area contributed by atoms with Crippen molar-refractivity contribution >= 4 is 32.2 Å². The van der Waals surface area contributed by atoms with E-state index in [-0.39, 0.29) is 0 Å². The molecule has 2 heterocycles. The highest BCUT2D eigenvalue weighted by Gasteiger charge is 2.10. The minimum atomic E-state index is 0.695. The first-order valence-corrected chi connectivity index (χ1v) is 4.75. The SMILES string of the molecule is CN(C)n1ccc2c(N)c(N)sc21. The molecule has 0 bridgehead atoms. The van der Waals surface area contributed by atoms with Gasteiger partial charge >= 0.3 is 0 Å². The van der Waals surface area contributed by atoms with E-state index >= 15 is 0 Å². The largest absolute Gasteiger partial charge is 0.396 e. The molecule has 0 radical (unpaired) electrons. The predicted molar refractivity (Wildman–Crippen MR) is 58.7 cm³/mol. The number of rotatable bonds is 1. The van der Waals surface area contributed by atoms with E-state index in [0.717, 1.165) is 10.2 Å². The molecule has 2 aromatic heterocycles. The highest BCUT2D eigenvalue weighted by atomic mass is 32.1. The molecule has 0 saturated carbocycles. The zero-order valence-corrected chi connectivity index (χ0v) is 8.43. The van der Waals surface area contributed by atoms with Crippen molar-refractivity contribution in [1.82, 2.24) is 4.68 Å². The Morgan fingerprint density at radius 1 is 1.38 bits per heavy atom. The minimum Gasteiger partial charge on any atom is -0.396 e. The van der Waals surface area contributed by atoms with Crippen LogP contribution in [0.1, 0.15) is 0 Å². The summed E-state index contributed by atoms with van der Waals surface area (Å²) in [5.41, 5.74) is 12.2. The summed E-state index contributed by atoms with van der Waals surface area (Å²) in [5, 5.41) is 3.72. The number of hydrogen-bond acceptors (Lipinski definition) is 4. The monoisotopic (exact) mass is 196 g/mol. The zero-order valence-electron chi connectivity index (χ0n) is 7.61. The Kier molecular flexibility index (Phi) is 1.63. The first-order valence-electron chi connectivity index (χ1n) is 3.93. The minimum absolute atomic E-state index is 0.695. The standard InChI is InChI=1S/C8H12N4S/c1-11(2)12-4-3-5-6(9)7(10)13-8(5)12/h3-4H,9-10H2,1-2H3. The summed E-state index contributed by atoms with van der Waals surface area (Å²) >= 11 is 1.51. The molecule has 0 saturated heterocycles. The molecule has 4 N–H and O–H groups in total. The van der Waals surface area contributed by atoms with Gasteiger partial charge in [0.1, 0.15) is 9.83 Å². The fourth-order valence-corrected chi connectivity index (χ4v) is 2.35. The summed E-state index contributed by atoms with van der Waals surface area (Å²) in [7, 11) is 3.96. The Labute approximate surface area is 80.3 Å². The third-order valence-electron chi connectivity index (χ3n) is 2.01. The fourth-order valence-electron chi connectivity index (χ4n) is 1.32. The maximum Gasteiger partial charge on any atom is 0.126 e. The summed E-state index contributed by atoms with van der Waals surface area (Å²) < 4.78 is 2.02. The molecule has 0 atom stereocenters. The van der Waals surface area contributed by atoms with Crippen LogP contribution in [0.15, 0.2) is 12.3 Å². The van der Waals surface area contributed by atoms with E-state index in [4.69, 9.17) is 11.5 Å². The van der Waals surface area contributed by atoms with Crippen LogP contribution in [0.5, 0.6) is 0 Å². The molecular formula is C8H12N4S.